The lowest BCUT2D eigenvalue weighted by Gasteiger charge is -2.33. The average molecular weight is 486 g/mol. The quantitative estimate of drug-likeness (QED) is 0.471. The van der Waals surface area contributed by atoms with Crippen LogP contribution in [0.5, 0.6) is 0 Å². The molecule has 3 heterocycles. The fourth-order valence-electron chi connectivity index (χ4n) is 4.64. The van der Waals surface area contributed by atoms with E-state index in [4.69, 9.17) is 27.9 Å². The van der Waals surface area contributed by atoms with Crippen molar-refractivity contribution in [2.24, 2.45) is 0 Å². The highest BCUT2D eigenvalue weighted by atomic mass is 35.5. The number of nitrogens with zero attached hydrogens (tertiary/aromatic N) is 3. The standard InChI is InChI=1S/C21H25Cl2N3O4S/c1-25(31(28,29)14-6-4-3-5-7-14)13-8-9-16-15(10-19(27)30-2)20-17(26(16)12-13)11-18(22)24-21(20)23/h8-9,11,13-14H,3-7,10,12H2,1-2H3/t13-/m1/s1. The maximum atomic E-state index is 13.2. The van der Waals surface area contributed by atoms with Gasteiger partial charge in [0.2, 0.25) is 10.0 Å². The van der Waals surface area contributed by atoms with E-state index in [0.29, 0.717) is 30.3 Å². The summed E-state index contributed by atoms with van der Waals surface area (Å²) in [5, 5.41) is 0.744. The van der Waals surface area contributed by atoms with E-state index in [1.807, 2.05) is 16.7 Å². The van der Waals surface area contributed by atoms with Crippen molar-refractivity contribution in [1.29, 1.82) is 0 Å². The Morgan fingerprint density at radius 1 is 1.29 bits per heavy atom. The van der Waals surface area contributed by atoms with Crippen LogP contribution in [0.15, 0.2) is 12.1 Å². The van der Waals surface area contributed by atoms with Crippen molar-refractivity contribution in [3.63, 3.8) is 0 Å². The molecule has 0 N–H and O–H groups in total. The predicted molar refractivity (Wildman–Crippen MR) is 122 cm³/mol. The third-order valence-corrected chi connectivity index (χ3v) is 9.21. The molecule has 0 amide bonds. The molecule has 31 heavy (non-hydrogen) atoms. The molecule has 0 aromatic carbocycles. The predicted octanol–water partition coefficient (Wildman–Crippen LogP) is 4.05. The summed E-state index contributed by atoms with van der Waals surface area (Å²) in [6, 6.07) is 1.34. The number of likely N-dealkylation sites (N-methyl/N-ethyl adjacent to an activating group) is 1. The summed E-state index contributed by atoms with van der Waals surface area (Å²) in [7, 11) is -0.440. The van der Waals surface area contributed by atoms with E-state index in [0.717, 1.165) is 30.5 Å². The van der Waals surface area contributed by atoms with Crippen LogP contribution < -0.4 is 0 Å². The number of methoxy groups -OCH3 is 1. The highest BCUT2D eigenvalue weighted by Gasteiger charge is 2.36. The second-order valence-corrected chi connectivity index (χ2v) is 11.1. The van der Waals surface area contributed by atoms with Gasteiger partial charge < -0.3 is 9.30 Å². The van der Waals surface area contributed by atoms with Crippen molar-refractivity contribution < 1.29 is 17.9 Å². The second-order valence-electron chi connectivity index (χ2n) is 8.10. The molecule has 7 nitrogen and oxygen atoms in total. The van der Waals surface area contributed by atoms with Crippen LogP contribution in [0.3, 0.4) is 0 Å². The molecule has 2 aliphatic rings. The number of fused-ring (bicyclic) bond motifs is 3. The minimum Gasteiger partial charge on any atom is -0.469 e. The Morgan fingerprint density at radius 3 is 2.68 bits per heavy atom. The zero-order valence-corrected chi connectivity index (χ0v) is 19.8. The van der Waals surface area contributed by atoms with Crippen LogP contribution in [-0.4, -0.2) is 53.7 Å². The van der Waals surface area contributed by atoms with Gasteiger partial charge in [-0.3, -0.25) is 4.79 Å². The smallest absolute Gasteiger partial charge is 0.310 e. The molecule has 4 rings (SSSR count). The van der Waals surface area contributed by atoms with E-state index in [2.05, 4.69) is 4.98 Å². The van der Waals surface area contributed by atoms with Crippen LogP contribution in [0.25, 0.3) is 17.0 Å². The number of rotatable bonds is 5. The number of hydrogen-bond acceptors (Lipinski definition) is 5. The SMILES string of the molecule is COC(=O)Cc1c2n(c3cc(Cl)nc(Cl)c13)C[C@H](N(C)S(=O)(=O)C1CCCCC1)C=C2. The number of carbonyl (C=O) groups excluding carboxylic acids is 1. The van der Waals surface area contributed by atoms with Gasteiger partial charge in [0, 0.05) is 24.7 Å². The Balaban J connectivity index is 1.74. The number of sulfonamides is 1. The van der Waals surface area contributed by atoms with Gasteiger partial charge >= 0.3 is 5.97 Å². The number of halogens is 2. The topological polar surface area (TPSA) is 81.5 Å². The lowest BCUT2D eigenvalue weighted by atomic mass is 10.0. The normalized spacial score (nSPS) is 19.7. The largest absolute Gasteiger partial charge is 0.469 e. The summed E-state index contributed by atoms with van der Waals surface area (Å²) in [4.78, 5) is 16.2. The number of carbonyl (C=O) groups is 1. The summed E-state index contributed by atoms with van der Waals surface area (Å²) in [5.41, 5.74) is 2.20. The van der Waals surface area contributed by atoms with Crippen LogP contribution in [-0.2, 0) is 32.5 Å². The molecule has 0 bridgehead atoms. The van der Waals surface area contributed by atoms with Crippen molar-refractivity contribution in [3.05, 3.63) is 33.7 Å². The molecule has 1 saturated carbocycles. The van der Waals surface area contributed by atoms with Gasteiger partial charge in [-0.1, -0.05) is 48.5 Å². The molecule has 1 aliphatic carbocycles. The van der Waals surface area contributed by atoms with Gasteiger partial charge in [-0.2, -0.15) is 4.31 Å². The minimum absolute atomic E-state index is 0.0313. The monoisotopic (exact) mass is 485 g/mol. The van der Waals surface area contributed by atoms with E-state index in [9.17, 15) is 13.2 Å². The minimum atomic E-state index is -3.42. The number of esters is 1. The number of pyridine rings is 1. The lowest BCUT2D eigenvalue weighted by molar-refractivity contribution is -0.139. The zero-order chi connectivity index (χ0) is 22.3. The second kappa shape index (κ2) is 8.73. The first-order valence-corrected chi connectivity index (χ1v) is 12.6. The summed E-state index contributed by atoms with van der Waals surface area (Å²) in [5.74, 6) is -0.395. The molecular weight excluding hydrogens is 461 g/mol. The number of hydrogen-bond donors (Lipinski definition) is 0. The fourth-order valence-corrected chi connectivity index (χ4v) is 7.09. The van der Waals surface area contributed by atoms with Gasteiger partial charge in [-0.25, -0.2) is 13.4 Å². The molecule has 2 aromatic heterocycles. The third-order valence-electron chi connectivity index (χ3n) is 6.35. The van der Waals surface area contributed by atoms with Gasteiger partial charge in [-0.05, 0) is 30.5 Å². The van der Waals surface area contributed by atoms with Crippen molar-refractivity contribution in [3.8, 4) is 0 Å². The molecule has 0 saturated heterocycles. The van der Waals surface area contributed by atoms with E-state index in [1.54, 1.807) is 13.1 Å². The lowest BCUT2D eigenvalue weighted by Crippen LogP contribution is -2.44. The van der Waals surface area contributed by atoms with Gasteiger partial charge in [0.1, 0.15) is 10.3 Å². The molecule has 0 radical (unpaired) electrons. The first kappa shape index (κ1) is 22.6. The third kappa shape index (κ3) is 4.11. The Bertz CT molecular complexity index is 1150. The van der Waals surface area contributed by atoms with E-state index < -0.39 is 16.0 Å². The van der Waals surface area contributed by atoms with Crippen LogP contribution in [0, 0.1) is 0 Å². The summed E-state index contributed by atoms with van der Waals surface area (Å²) in [6.07, 6.45) is 8.17. The maximum Gasteiger partial charge on any atom is 0.310 e. The Morgan fingerprint density at radius 2 is 2.00 bits per heavy atom. The van der Waals surface area contributed by atoms with E-state index in [-0.39, 0.29) is 28.0 Å². The van der Waals surface area contributed by atoms with Gasteiger partial charge in [-0.15, -0.1) is 0 Å². The molecule has 1 atom stereocenters. The van der Waals surface area contributed by atoms with Crippen LogP contribution in [0.4, 0.5) is 0 Å². The van der Waals surface area contributed by atoms with E-state index in [1.165, 1.54) is 11.4 Å². The zero-order valence-electron chi connectivity index (χ0n) is 17.5. The molecular formula is C21H25Cl2N3O4S. The van der Waals surface area contributed by atoms with Gasteiger partial charge in [0.25, 0.3) is 0 Å². The molecule has 2 aromatic rings. The van der Waals surface area contributed by atoms with Crippen LogP contribution >= 0.6 is 23.2 Å². The molecule has 168 valence electrons. The van der Waals surface area contributed by atoms with Gasteiger partial charge in [0.15, 0.2) is 0 Å². The Labute approximate surface area is 192 Å². The molecule has 0 spiro atoms. The summed E-state index contributed by atoms with van der Waals surface area (Å²) < 4.78 is 34.8. The van der Waals surface area contributed by atoms with Crippen molar-refractivity contribution in [2.75, 3.05) is 14.2 Å². The maximum absolute atomic E-state index is 13.2. The first-order chi connectivity index (χ1) is 14.7. The summed E-state index contributed by atoms with van der Waals surface area (Å²) >= 11 is 12.6. The van der Waals surface area contributed by atoms with Crippen LogP contribution in [0.2, 0.25) is 10.3 Å². The van der Waals surface area contributed by atoms with Crippen molar-refractivity contribution >= 4 is 56.2 Å². The molecule has 1 aliphatic heterocycles. The first-order valence-electron chi connectivity index (χ1n) is 10.3. The Hall–Kier alpha value is -1.61. The average Bonchev–Trinajstić information content (AvgIpc) is 3.06. The van der Waals surface area contributed by atoms with Crippen molar-refractivity contribution in [1.82, 2.24) is 13.9 Å². The Kier molecular flexibility index (Phi) is 6.36. The number of ether oxygens (including phenoxy) is 1. The highest BCUT2D eigenvalue weighted by Crippen LogP contribution is 2.37. The molecule has 1 fully saturated rings. The van der Waals surface area contributed by atoms with Crippen molar-refractivity contribution in [2.45, 2.75) is 56.4 Å². The highest BCUT2D eigenvalue weighted by molar-refractivity contribution is 7.89. The number of aromatic nitrogens is 2. The van der Waals surface area contributed by atoms with E-state index >= 15 is 0 Å². The van der Waals surface area contributed by atoms with Gasteiger partial charge in [0.05, 0.1) is 30.3 Å². The van der Waals surface area contributed by atoms with Crippen LogP contribution in [0.1, 0.15) is 43.4 Å². The molecule has 10 heteroatoms. The molecule has 0 unspecified atom stereocenters. The summed E-state index contributed by atoms with van der Waals surface area (Å²) in [6.45, 7) is 0.391. The fraction of sp³-hybridized carbons (Fsp3) is 0.524.